The number of carbonyl (C=O) groups is 2. The summed E-state index contributed by atoms with van der Waals surface area (Å²) in [4.78, 5) is 22.2. The molecule has 0 saturated heterocycles. The van der Waals surface area contributed by atoms with Gasteiger partial charge in [-0.2, -0.15) is 0 Å². The van der Waals surface area contributed by atoms with Gasteiger partial charge in [0.2, 0.25) is 0 Å². The van der Waals surface area contributed by atoms with E-state index in [0.717, 1.165) is 11.1 Å². The number of hydrogen-bond donors (Lipinski definition) is 1. The summed E-state index contributed by atoms with van der Waals surface area (Å²) in [6.07, 6.45) is 0. The Morgan fingerprint density at radius 2 is 0.892 bits per heavy atom. The zero-order chi connectivity index (χ0) is 28.6. The molecule has 0 aliphatic rings. The number of benzene rings is 2. The Kier molecular flexibility index (Phi) is 10.7. The molecular formula is C30H41CrO6. The first-order valence-electron chi connectivity index (χ1n) is 12.1. The standard InChI is InChI=1S/2C15H22O3.Cr/c2*1-14(2,3)9-7-10(13(17)18)12(16)11(8-9)15(4,5)6;/h2*7-8,16H,1-6H3,(H,17,18);/q;;+3/p-3. The smallest absolute Gasteiger partial charge is 0.872 e. The Hall–Kier alpha value is -2.49. The van der Waals surface area contributed by atoms with Gasteiger partial charge in [-0.15, -0.1) is 0 Å². The average molecular weight is 550 g/mol. The number of carboxylic acid groups (broad SMARTS) is 2. The summed E-state index contributed by atoms with van der Waals surface area (Å²) in [6.45, 7) is 23.4. The second-order valence-electron chi connectivity index (χ2n) is 13.4. The van der Waals surface area contributed by atoms with Crippen LogP contribution in [-0.4, -0.2) is 17.0 Å². The van der Waals surface area contributed by atoms with Gasteiger partial charge in [-0.25, -0.2) is 4.79 Å². The van der Waals surface area contributed by atoms with Crippen LogP contribution in [0.3, 0.4) is 0 Å². The maximum absolute atomic E-state index is 12.2. The van der Waals surface area contributed by atoms with Gasteiger partial charge < -0.3 is 25.2 Å². The second-order valence-corrected chi connectivity index (χ2v) is 13.4. The minimum atomic E-state index is -1.41. The van der Waals surface area contributed by atoms with Gasteiger partial charge in [-0.05, 0) is 55.5 Å². The van der Waals surface area contributed by atoms with Crippen molar-refractivity contribution < 1.29 is 47.4 Å². The molecule has 2 aromatic carbocycles. The first-order valence-corrected chi connectivity index (χ1v) is 12.1. The molecule has 0 amide bonds. The monoisotopic (exact) mass is 549 g/mol. The third-order valence-corrected chi connectivity index (χ3v) is 5.98. The molecule has 0 aliphatic heterocycles. The van der Waals surface area contributed by atoms with Gasteiger partial charge in [0.15, 0.2) is 0 Å². The summed E-state index contributed by atoms with van der Waals surface area (Å²) in [5.74, 6) is -3.37. The van der Waals surface area contributed by atoms with Crippen LogP contribution >= 0.6 is 0 Å². The topological polar surface area (TPSA) is 124 Å². The van der Waals surface area contributed by atoms with E-state index in [1.54, 1.807) is 0 Å². The molecule has 203 valence electrons. The largest absolute Gasteiger partial charge is 3.00 e. The van der Waals surface area contributed by atoms with E-state index >= 15 is 0 Å². The summed E-state index contributed by atoms with van der Waals surface area (Å²) in [5, 5.41) is 44.5. The Morgan fingerprint density at radius 3 is 1.14 bits per heavy atom. The van der Waals surface area contributed by atoms with Crippen molar-refractivity contribution in [1.29, 1.82) is 0 Å². The van der Waals surface area contributed by atoms with Crippen LogP contribution in [0.2, 0.25) is 0 Å². The van der Waals surface area contributed by atoms with Gasteiger partial charge in [-0.1, -0.05) is 113 Å². The van der Waals surface area contributed by atoms with Crippen LogP contribution in [0, 0.1) is 0 Å². The van der Waals surface area contributed by atoms with Crippen LogP contribution in [0.25, 0.3) is 0 Å². The van der Waals surface area contributed by atoms with Crippen molar-refractivity contribution in [1.82, 2.24) is 0 Å². The SMILES string of the molecule is CC(C)(C)c1cc(C(=O)O)c([O-])c(C(C)(C)C)c1.CC(C)(C)c1cc(C(=O)[O-])c([O-])c(C(C)(C)C)c1.[Cr+3]. The van der Waals surface area contributed by atoms with Crippen LogP contribution in [0.4, 0.5) is 0 Å². The average Bonchev–Trinajstić information content (AvgIpc) is 2.64. The Bertz CT molecular complexity index is 1050. The van der Waals surface area contributed by atoms with Gasteiger partial charge in [0.05, 0.1) is 11.5 Å². The maximum atomic E-state index is 12.2. The number of rotatable bonds is 2. The third-order valence-electron chi connectivity index (χ3n) is 5.98. The van der Waals surface area contributed by atoms with Gasteiger partial charge in [-0.3, -0.25) is 0 Å². The summed E-state index contributed by atoms with van der Waals surface area (Å²) in [7, 11) is 0. The zero-order valence-corrected chi connectivity index (χ0v) is 25.5. The molecule has 0 bridgehead atoms. The molecule has 0 fully saturated rings. The molecule has 0 spiro atoms. The third kappa shape index (κ3) is 8.80. The van der Waals surface area contributed by atoms with E-state index in [-0.39, 0.29) is 55.9 Å². The van der Waals surface area contributed by atoms with Crippen LogP contribution in [0.15, 0.2) is 24.3 Å². The molecule has 6 nitrogen and oxygen atoms in total. The van der Waals surface area contributed by atoms with E-state index in [0.29, 0.717) is 11.1 Å². The Labute approximate surface area is 232 Å². The van der Waals surface area contributed by atoms with Crippen molar-refractivity contribution in [3.8, 4) is 11.5 Å². The molecule has 37 heavy (non-hydrogen) atoms. The molecule has 0 heterocycles. The van der Waals surface area contributed by atoms with E-state index in [1.807, 2.05) is 95.2 Å². The summed E-state index contributed by atoms with van der Waals surface area (Å²) < 4.78 is 0. The van der Waals surface area contributed by atoms with E-state index in [1.165, 1.54) is 12.1 Å². The number of hydrogen-bond acceptors (Lipinski definition) is 5. The van der Waals surface area contributed by atoms with Crippen molar-refractivity contribution in [2.75, 3.05) is 0 Å². The fourth-order valence-electron chi connectivity index (χ4n) is 3.55. The molecule has 2 aromatic rings. The normalized spacial score (nSPS) is 12.2. The van der Waals surface area contributed by atoms with Crippen molar-refractivity contribution in [3.63, 3.8) is 0 Å². The fraction of sp³-hybridized carbons (Fsp3) is 0.533. The van der Waals surface area contributed by atoms with Crippen molar-refractivity contribution >= 4 is 11.9 Å². The maximum Gasteiger partial charge on any atom is 3.00 e. The predicted molar refractivity (Wildman–Crippen MR) is 138 cm³/mol. The quantitative estimate of drug-likeness (QED) is 0.576. The van der Waals surface area contributed by atoms with E-state index in [2.05, 4.69) is 0 Å². The summed E-state index contributed by atoms with van der Waals surface area (Å²) >= 11 is 0. The van der Waals surface area contributed by atoms with Gasteiger partial charge in [0.25, 0.3) is 0 Å². The van der Waals surface area contributed by atoms with Crippen molar-refractivity contribution in [3.05, 3.63) is 57.6 Å². The number of carboxylic acids is 2. The minimum absolute atomic E-state index is 0. The summed E-state index contributed by atoms with van der Waals surface area (Å²) in [5.41, 5.74) is 1.29. The van der Waals surface area contributed by atoms with Gasteiger partial charge >= 0.3 is 23.3 Å². The molecule has 0 aliphatic carbocycles. The molecule has 1 radical (unpaired) electrons. The molecule has 7 heteroatoms. The first kappa shape index (κ1) is 34.5. The van der Waals surface area contributed by atoms with Crippen LogP contribution in [0.5, 0.6) is 11.5 Å². The molecule has 0 unspecified atom stereocenters. The van der Waals surface area contributed by atoms with Crippen molar-refractivity contribution in [2.24, 2.45) is 0 Å². The minimum Gasteiger partial charge on any atom is -0.872 e. The summed E-state index contributed by atoms with van der Waals surface area (Å²) in [6, 6.07) is 6.59. The number of aromatic carboxylic acids is 2. The van der Waals surface area contributed by atoms with E-state index < -0.39 is 17.7 Å². The van der Waals surface area contributed by atoms with Crippen molar-refractivity contribution in [2.45, 2.75) is 105 Å². The van der Waals surface area contributed by atoms with Gasteiger partial charge in [0, 0.05) is 0 Å². The van der Waals surface area contributed by atoms with Crippen LogP contribution in [-0.2, 0) is 39.0 Å². The molecule has 0 atom stereocenters. The van der Waals surface area contributed by atoms with Crippen LogP contribution in [0.1, 0.15) is 126 Å². The molecular weight excluding hydrogens is 508 g/mol. The zero-order valence-electron chi connectivity index (χ0n) is 24.2. The molecule has 1 N–H and O–H groups in total. The molecule has 0 aromatic heterocycles. The van der Waals surface area contributed by atoms with E-state index in [4.69, 9.17) is 5.11 Å². The Morgan fingerprint density at radius 1 is 0.595 bits per heavy atom. The van der Waals surface area contributed by atoms with E-state index in [9.17, 15) is 24.9 Å². The van der Waals surface area contributed by atoms with Gasteiger partial charge in [0.1, 0.15) is 0 Å². The van der Waals surface area contributed by atoms with Crippen LogP contribution < -0.4 is 15.3 Å². The molecule has 2 rings (SSSR count). The first-order chi connectivity index (χ1) is 15.9. The predicted octanol–water partition coefficient (Wildman–Crippen LogP) is 4.77. The molecule has 0 saturated carbocycles. The number of carbonyl (C=O) groups excluding carboxylic acids is 1. The fourth-order valence-corrected chi connectivity index (χ4v) is 3.55. The second kappa shape index (κ2) is 11.5. The Balaban J connectivity index is 0.000000682.